The van der Waals surface area contributed by atoms with Crippen molar-refractivity contribution in [2.24, 2.45) is 0 Å². The van der Waals surface area contributed by atoms with Crippen molar-refractivity contribution in [1.29, 1.82) is 0 Å². The van der Waals surface area contributed by atoms with Crippen LogP contribution in [0.3, 0.4) is 0 Å². The average Bonchev–Trinajstić information content (AvgIpc) is 3.66. The van der Waals surface area contributed by atoms with Gasteiger partial charge in [-0.05, 0) is 67.2 Å². The molecule has 8 rings (SSSR count). The highest BCUT2D eigenvalue weighted by molar-refractivity contribution is 9.10. The average molecular weight is 816 g/mol. The minimum atomic E-state index is -0.725. The number of anilines is 5. The fourth-order valence-electron chi connectivity index (χ4n) is 7.63. The van der Waals surface area contributed by atoms with Crippen molar-refractivity contribution in [2.45, 2.75) is 38.4 Å². The Labute approximate surface area is 326 Å². The van der Waals surface area contributed by atoms with E-state index in [9.17, 15) is 0 Å². The largest absolute Gasteiger partial charge is 0.494 e. The Morgan fingerprint density at radius 2 is 1.69 bits per heavy atom. The van der Waals surface area contributed by atoms with E-state index in [-0.39, 0.29) is 0 Å². The first-order chi connectivity index (χ1) is 26.4. The highest BCUT2D eigenvalue weighted by Crippen LogP contribution is 2.43. The first kappa shape index (κ1) is 36.8. The maximum absolute atomic E-state index is 6.30. The molecule has 0 radical (unpaired) electrons. The molecule has 0 atom stereocenters. The molecule has 3 saturated heterocycles. The van der Waals surface area contributed by atoms with Crippen molar-refractivity contribution in [3.63, 3.8) is 0 Å². The summed E-state index contributed by atoms with van der Waals surface area (Å²) in [5.74, 6) is 2.33. The number of hydrogen-bond donors (Lipinski definition) is 3. The van der Waals surface area contributed by atoms with Gasteiger partial charge >= 0.3 is 0 Å². The predicted octanol–water partition coefficient (Wildman–Crippen LogP) is 6.16. The van der Waals surface area contributed by atoms with Gasteiger partial charge in [-0.25, -0.2) is 9.97 Å². The van der Waals surface area contributed by atoms with Crippen LogP contribution in [0.15, 0.2) is 59.7 Å². The fraction of sp³-hybridized carbons (Fsp3) is 0.447. The zero-order chi connectivity index (χ0) is 37.2. The summed E-state index contributed by atoms with van der Waals surface area (Å²) in [4.78, 5) is 26.4. The highest BCUT2D eigenvalue weighted by atomic mass is 79.9. The molecule has 14 nitrogen and oxygen atoms in total. The molecular weight excluding hydrogens is 767 g/mol. The summed E-state index contributed by atoms with van der Waals surface area (Å²) >= 11 is 3.65. The van der Waals surface area contributed by atoms with E-state index in [1.54, 1.807) is 25.7 Å². The van der Waals surface area contributed by atoms with Crippen LogP contribution in [-0.2, 0) is 6.54 Å². The topological polar surface area (TPSA) is 134 Å². The summed E-state index contributed by atoms with van der Waals surface area (Å²) < 4.78 is 15.0. The normalized spacial score (nSPS) is 17.6. The van der Waals surface area contributed by atoms with Crippen molar-refractivity contribution in [2.75, 3.05) is 88.3 Å². The van der Waals surface area contributed by atoms with Crippen LogP contribution in [0.4, 0.5) is 28.8 Å². The number of aromatic nitrogens is 6. The van der Waals surface area contributed by atoms with Gasteiger partial charge in [0, 0.05) is 119 Å². The second kappa shape index (κ2) is 16.3. The number of piperidine rings is 1. The Morgan fingerprint density at radius 3 is 2.39 bits per heavy atom. The zero-order valence-electron chi connectivity index (χ0n) is 31.3. The Hall–Kier alpha value is -4.14. The van der Waals surface area contributed by atoms with Crippen LogP contribution in [0, 0.1) is 0 Å². The minimum Gasteiger partial charge on any atom is -0.494 e. The Balaban J connectivity index is 1.04. The summed E-state index contributed by atoms with van der Waals surface area (Å²) in [6, 6.07) is 9.55. The fourth-order valence-corrected chi connectivity index (χ4v) is 8.47. The lowest BCUT2D eigenvalue weighted by atomic mass is 9.98. The molecule has 0 saturated carbocycles. The van der Waals surface area contributed by atoms with Gasteiger partial charge in [0.05, 0.1) is 42.8 Å². The predicted molar refractivity (Wildman–Crippen MR) is 220 cm³/mol. The summed E-state index contributed by atoms with van der Waals surface area (Å²) in [6.45, 7) is 15.7. The van der Waals surface area contributed by atoms with Gasteiger partial charge in [0.2, 0.25) is 5.95 Å². The lowest BCUT2D eigenvalue weighted by molar-refractivity contribution is 0.0631. The van der Waals surface area contributed by atoms with E-state index in [2.05, 4.69) is 105 Å². The van der Waals surface area contributed by atoms with Crippen molar-refractivity contribution in [3.8, 4) is 22.6 Å². The molecule has 16 heteroatoms. The highest BCUT2D eigenvalue weighted by Gasteiger charge is 2.32. The van der Waals surface area contributed by atoms with Crippen LogP contribution in [0.5, 0.6) is 11.5 Å². The molecule has 2 aromatic carbocycles. The van der Waals surface area contributed by atoms with Crippen LogP contribution >= 0.6 is 24.1 Å². The standard InChI is InChI=1S/C38H48BrN12O2P/c1-5-51-24-25(20-44-51)28-18-32(34(52-2)19-33(28)50-16-14-49(15-17-50)26-8-12-48(13-9-26)27-21-40-22-27)46-38-43-23-29(39)37(47-38)45-31-7-6-30-35(42-11-10-41-30)36(31)53-54(3)4/h6-7,10-11,18-20,23-24,26-27,40H,5,8-9,12-17,21-22H2,1-4H3,(H2,43,45,46,47). The minimum absolute atomic E-state index is 0.409. The van der Waals surface area contributed by atoms with Crippen LogP contribution in [0.1, 0.15) is 19.8 Å². The number of nitrogens with one attached hydrogen (secondary N) is 3. The lowest BCUT2D eigenvalue weighted by Gasteiger charge is -2.46. The zero-order valence-corrected chi connectivity index (χ0v) is 33.8. The third kappa shape index (κ3) is 7.83. The molecule has 0 amide bonds. The van der Waals surface area contributed by atoms with Crippen molar-refractivity contribution in [3.05, 3.63) is 59.7 Å². The van der Waals surface area contributed by atoms with Crippen LogP contribution in [0.2, 0.25) is 0 Å². The molecule has 3 aromatic heterocycles. The third-order valence-electron chi connectivity index (χ3n) is 10.6. The number of fused-ring (bicyclic) bond motifs is 1. The summed E-state index contributed by atoms with van der Waals surface area (Å²) in [5, 5.41) is 15.0. The number of aryl methyl sites for hydroxylation is 1. The lowest BCUT2D eigenvalue weighted by Crippen LogP contribution is -2.60. The first-order valence-electron chi connectivity index (χ1n) is 18.7. The molecule has 0 spiro atoms. The molecule has 6 heterocycles. The van der Waals surface area contributed by atoms with E-state index in [0.717, 1.165) is 85.6 Å². The molecule has 0 aliphatic carbocycles. The van der Waals surface area contributed by atoms with Gasteiger partial charge in [-0.3, -0.25) is 19.5 Å². The van der Waals surface area contributed by atoms with E-state index in [1.165, 1.54) is 25.9 Å². The van der Waals surface area contributed by atoms with E-state index >= 15 is 0 Å². The van der Waals surface area contributed by atoms with Gasteiger partial charge < -0.3 is 30.1 Å². The quantitative estimate of drug-likeness (QED) is 0.125. The Bertz CT molecular complexity index is 2080. The molecule has 3 fully saturated rings. The molecule has 284 valence electrons. The number of halogens is 1. The molecule has 3 aliphatic heterocycles. The molecule has 3 N–H and O–H groups in total. The maximum Gasteiger partial charge on any atom is 0.229 e. The Kier molecular flexibility index (Phi) is 11.1. The van der Waals surface area contributed by atoms with E-state index in [0.29, 0.717) is 39.3 Å². The van der Waals surface area contributed by atoms with E-state index < -0.39 is 8.15 Å². The molecule has 54 heavy (non-hydrogen) atoms. The van der Waals surface area contributed by atoms with Crippen LogP contribution in [0.25, 0.3) is 22.2 Å². The smallest absolute Gasteiger partial charge is 0.229 e. The number of hydrogen-bond acceptors (Lipinski definition) is 13. The SMILES string of the molecule is CCn1cc(-c2cc(Nc3ncc(Br)c(Nc4ccc5nccnc5c4OP(C)C)n3)c(OC)cc2N2CCN(C3CCN(C4CNC4)CC3)CC2)cn1. The molecule has 3 aliphatic rings. The second-order valence-corrected chi connectivity index (χ2v) is 16.8. The second-order valence-electron chi connectivity index (χ2n) is 14.2. The van der Waals surface area contributed by atoms with Crippen LogP contribution in [-0.4, -0.2) is 124 Å². The molecule has 0 bridgehead atoms. The van der Waals surface area contributed by atoms with Gasteiger partial charge in [0.15, 0.2) is 5.75 Å². The first-order valence-corrected chi connectivity index (χ1v) is 21.7. The molecule has 0 unspecified atom stereocenters. The summed E-state index contributed by atoms with van der Waals surface area (Å²) in [6.07, 6.45) is 11.7. The number of nitrogens with zero attached hydrogens (tertiary/aromatic N) is 9. The van der Waals surface area contributed by atoms with Gasteiger partial charge in [-0.15, -0.1) is 0 Å². The van der Waals surface area contributed by atoms with E-state index in [1.807, 2.05) is 23.0 Å². The number of benzene rings is 2. The van der Waals surface area contributed by atoms with Gasteiger partial charge in [0.1, 0.15) is 17.1 Å². The molecular formula is C38H48BrN12O2P. The maximum atomic E-state index is 6.30. The number of rotatable bonds is 12. The molecule has 5 aromatic rings. The van der Waals surface area contributed by atoms with Gasteiger partial charge in [0.25, 0.3) is 0 Å². The van der Waals surface area contributed by atoms with Gasteiger partial charge in [-0.2, -0.15) is 10.1 Å². The summed E-state index contributed by atoms with van der Waals surface area (Å²) in [5.41, 5.74) is 6.21. The number of piperazine rings is 1. The van der Waals surface area contributed by atoms with Crippen molar-refractivity contribution in [1.82, 2.24) is 44.8 Å². The van der Waals surface area contributed by atoms with Gasteiger partial charge in [-0.1, -0.05) is 0 Å². The summed E-state index contributed by atoms with van der Waals surface area (Å²) in [7, 11) is 0.982. The monoisotopic (exact) mass is 814 g/mol. The number of ether oxygens (including phenoxy) is 1. The third-order valence-corrected chi connectivity index (χ3v) is 11.8. The van der Waals surface area contributed by atoms with Crippen LogP contribution < -0.4 is 30.1 Å². The van der Waals surface area contributed by atoms with E-state index in [4.69, 9.17) is 14.2 Å². The number of likely N-dealkylation sites (tertiary alicyclic amines) is 1. The number of methoxy groups -OCH3 is 1. The van der Waals surface area contributed by atoms with Crippen molar-refractivity contribution >= 4 is 63.9 Å². The van der Waals surface area contributed by atoms with Crippen molar-refractivity contribution < 1.29 is 9.26 Å². The Morgan fingerprint density at radius 1 is 0.907 bits per heavy atom.